The number of hydrogen-bond donors (Lipinski definition) is 0. The van der Waals surface area contributed by atoms with E-state index in [1.807, 2.05) is 13.8 Å². The van der Waals surface area contributed by atoms with Crippen molar-refractivity contribution in [1.29, 1.82) is 0 Å². The zero-order valence-corrected chi connectivity index (χ0v) is 8.75. The fourth-order valence-electron chi connectivity index (χ4n) is 1.35. The number of carbonyl (C=O) groups is 1. The zero-order valence-electron chi connectivity index (χ0n) is 8.75. The molecule has 0 atom stereocenters. The highest BCUT2D eigenvalue weighted by Gasteiger charge is 2.18. The van der Waals surface area contributed by atoms with Gasteiger partial charge in [-0.3, -0.25) is 4.79 Å². The first-order valence-electron chi connectivity index (χ1n) is 4.71. The van der Waals surface area contributed by atoms with E-state index in [9.17, 15) is 9.18 Å². The minimum absolute atomic E-state index is 0.149. The highest BCUT2D eigenvalue weighted by Crippen LogP contribution is 2.10. The van der Waals surface area contributed by atoms with E-state index < -0.39 is 5.95 Å². The molecule has 0 aliphatic heterocycles. The maximum Gasteiger partial charge on any atom is 0.258 e. The smallest absolute Gasteiger partial charge is 0.258 e. The number of hydrogen-bond acceptors (Lipinski definition) is 1. The summed E-state index contributed by atoms with van der Waals surface area (Å²) in [6.45, 7) is 4.96. The maximum atomic E-state index is 13.4. The summed E-state index contributed by atoms with van der Waals surface area (Å²) in [5.74, 6) is -0.713. The van der Waals surface area contributed by atoms with Crippen LogP contribution < -0.4 is 0 Å². The van der Waals surface area contributed by atoms with Crippen molar-refractivity contribution in [2.24, 2.45) is 7.05 Å². The molecule has 0 fully saturated rings. The lowest BCUT2D eigenvalue weighted by atomic mass is 10.3. The minimum atomic E-state index is -0.470. The van der Waals surface area contributed by atoms with Crippen LogP contribution in [0.3, 0.4) is 0 Å². The Hall–Kier alpha value is -1.32. The Morgan fingerprint density at radius 1 is 1.50 bits per heavy atom. The average molecular weight is 198 g/mol. The molecule has 1 rings (SSSR count). The number of aromatic nitrogens is 1. The van der Waals surface area contributed by atoms with Crippen molar-refractivity contribution in [3.8, 4) is 0 Å². The molecule has 0 aliphatic carbocycles. The fourth-order valence-corrected chi connectivity index (χ4v) is 1.35. The first kappa shape index (κ1) is 10.8. The van der Waals surface area contributed by atoms with Gasteiger partial charge in [0.15, 0.2) is 0 Å². The van der Waals surface area contributed by atoms with Gasteiger partial charge in [-0.1, -0.05) is 0 Å². The van der Waals surface area contributed by atoms with Crippen molar-refractivity contribution in [3.63, 3.8) is 0 Å². The van der Waals surface area contributed by atoms with Gasteiger partial charge in [0.2, 0.25) is 5.95 Å². The van der Waals surface area contributed by atoms with Gasteiger partial charge in [0.05, 0.1) is 5.56 Å². The average Bonchev–Trinajstić information content (AvgIpc) is 2.49. The molecule has 1 amide bonds. The van der Waals surface area contributed by atoms with Crippen molar-refractivity contribution in [1.82, 2.24) is 9.47 Å². The summed E-state index contributed by atoms with van der Waals surface area (Å²) in [5.41, 5.74) is 0.149. The van der Waals surface area contributed by atoms with Gasteiger partial charge in [-0.15, -0.1) is 0 Å². The third-order valence-electron chi connectivity index (χ3n) is 2.28. The predicted molar refractivity (Wildman–Crippen MR) is 52.6 cm³/mol. The third kappa shape index (κ3) is 1.78. The molecule has 0 unspecified atom stereocenters. The van der Waals surface area contributed by atoms with Gasteiger partial charge in [0.25, 0.3) is 5.91 Å². The quantitative estimate of drug-likeness (QED) is 0.725. The van der Waals surface area contributed by atoms with Crippen LogP contribution >= 0.6 is 0 Å². The Balaban J connectivity index is 2.94. The van der Waals surface area contributed by atoms with E-state index >= 15 is 0 Å². The lowest BCUT2D eigenvalue weighted by Crippen LogP contribution is -2.30. The first-order chi connectivity index (χ1) is 6.61. The molecule has 3 nitrogen and oxygen atoms in total. The van der Waals surface area contributed by atoms with Gasteiger partial charge >= 0.3 is 0 Å². The second kappa shape index (κ2) is 4.26. The van der Waals surface area contributed by atoms with Gasteiger partial charge in [-0.05, 0) is 19.9 Å². The first-order valence-corrected chi connectivity index (χ1v) is 4.71. The summed E-state index contributed by atoms with van der Waals surface area (Å²) in [7, 11) is 1.58. The number of rotatable bonds is 3. The molecule has 0 aliphatic rings. The molecule has 78 valence electrons. The van der Waals surface area contributed by atoms with E-state index in [-0.39, 0.29) is 11.5 Å². The van der Waals surface area contributed by atoms with Gasteiger partial charge in [-0.2, -0.15) is 4.39 Å². The number of halogens is 1. The van der Waals surface area contributed by atoms with E-state index in [1.54, 1.807) is 18.1 Å². The molecule has 14 heavy (non-hydrogen) atoms. The molecule has 0 saturated heterocycles. The zero-order chi connectivity index (χ0) is 10.7. The third-order valence-corrected chi connectivity index (χ3v) is 2.28. The second-order valence-electron chi connectivity index (χ2n) is 3.11. The predicted octanol–water partition coefficient (Wildman–Crippen LogP) is 1.65. The summed E-state index contributed by atoms with van der Waals surface area (Å²) in [5, 5.41) is 0. The number of amides is 1. The van der Waals surface area contributed by atoms with E-state index in [0.717, 1.165) is 0 Å². The van der Waals surface area contributed by atoms with Crippen molar-refractivity contribution in [3.05, 3.63) is 23.8 Å². The van der Waals surface area contributed by atoms with Crippen LogP contribution in [0.15, 0.2) is 12.3 Å². The Labute approximate surface area is 83.1 Å². The highest BCUT2D eigenvalue weighted by atomic mass is 19.1. The summed E-state index contributed by atoms with van der Waals surface area (Å²) in [6.07, 6.45) is 1.55. The van der Waals surface area contributed by atoms with Gasteiger partial charge in [-0.25, -0.2) is 0 Å². The summed E-state index contributed by atoms with van der Waals surface area (Å²) in [4.78, 5) is 13.3. The molecule has 0 bridgehead atoms. The Morgan fingerprint density at radius 2 is 2.07 bits per heavy atom. The molecule has 0 aromatic carbocycles. The topological polar surface area (TPSA) is 25.2 Å². The summed E-state index contributed by atoms with van der Waals surface area (Å²) in [6, 6.07) is 1.51. The highest BCUT2D eigenvalue weighted by molar-refractivity contribution is 5.94. The fraction of sp³-hybridized carbons (Fsp3) is 0.500. The van der Waals surface area contributed by atoms with Crippen LogP contribution in [0.4, 0.5) is 4.39 Å². The monoisotopic (exact) mass is 198 g/mol. The molecule has 0 spiro atoms. The van der Waals surface area contributed by atoms with E-state index in [4.69, 9.17) is 0 Å². The van der Waals surface area contributed by atoms with Gasteiger partial charge in [0.1, 0.15) is 0 Å². The van der Waals surface area contributed by atoms with Crippen LogP contribution in [-0.2, 0) is 7.05 Å². The summed E-state index contributed by atoms with van der Waals surface area (Å²) < 4.78 is 14.7. The van der Waals surface area contributed by atoms with Crippen LogP contribution in [-0.4, -0.2) is 28.5 Å². The largest absolute Gasteiger partial charge is 0.339 e. The van der Waals surface area contributed by atoms with E-state index in [2.05, 4.69) is 0 Å². The van der Waals surface area contributed by atoms with Crippen LogP contribution in [0.25, 0.3) is 0 Å². The number of carbonyl (C=O) groups excluding carboxylic acids is 1. The van der Waals surface area contributed by atoms with Crippen LogP contribution in [0.5, 0.6) is 0 Å². The van der Waals surface area contributed by atoms with Crippen molar-refractivity contribution < 1.29 is 9.18 Å². The molecule has 0 radical (unpaired) electrons. The molecule has 1 heterocycles. The Kier molecular flexibility index (Phi) is 3.28. The minimum Gasteiger partial charge on any atom is -0.339 e. The van der Waals surface area contributed by atoms with Gasteiger partial charge in [0, 0.05) is 26.3 Å². The molecular weight excluding hydrogens is 183 g/mol. The normalized spacial score (nSPS) is 10.3. The lowest BCUT2D eigenvalue weighted by molar-refractivity contribution is 0.0767. The molecule has 1 aromatic heterocycles. The molecule has 0 saturated carbocycles. The maximum absolute atomic E-state index is 13.4. The van der Waals surface area contributed by atoms with Crippen LogP contribution in [0, 0.1) is 5.95 Å². The van der Waals surface area contributed by atoms with E-state index in [1.165, 1.54) is 10.6 Å². The Morgan fingerprint density at radius 3 is 2.43 bits per heavy atom. The lowest BCUT2D eigenvalue weighted by Gasteiger charge is -2.17. The van der Waals surface area contributed by atoms with Gasteiger partial charge < -0.3 is 9.47 Å². The standard InChI is InChI=1S/C10H15FN2O/c1-4-13(5-2)10(14)8-6-7-12(3)9(8)11/h6-7H,4-5H2,1-3H3. The van der Waals surface area contributed by atoms with Crippen LogP contribution in [0.2, 0.25) is 0 Å². The van der Waals surface area contributed by atoms with E-state index in [0.29, 0.717) is 13.1 Å². The SMILES string of the molecule is CCN(CC)C(=O)c1ccn(C)c1F. The second-order valence-corrected chi connectivity index (χ2v) is 3.11. The van der Waals surface area contributed by atoms with Crippen LogP contribution in [0.1, 0.15) is 24.2 Å². The number of nitrogens with zero attached hydrogens (tertiary/aromatic N) is 2. The number of aryl methyl sites for hydroxylation is 1. The molecule has 1 aromatic rings. The summed E-state index contributed by atoms with van der Waals surface area (Å²) >= 11 is 0. The van der Waals surface area contributed by atoms with Crippen molar-refractivity contribution in [2.75, 3.05) is 13.1 Å². The molecule has 0 N–H and O–H groups in total. The Bertz CT molecular complexity index is 329. The molecule has 4 heteroatoms. The van der Waals surface area contributed by atoms with Crippen molar-refractivity contribution in [2.45, 2.75) is 13.8 Å². The van der Waals surface area contributed by atoms with Crippen molar-refractivity contribution >= 4 is 5.91 Å². The molecular formula is C10H15FN2O.